The van der Waals surface area contributed by atoms with E-state index in [9.17, 15) is 15.0 Å². The molecular formula is C16H29NaO3. The van der Waals surface area contributed by atoms with Crippen molar-refractivity contribution in [3.63, 3.8) is 0 Å². The Bertz CT molecular complexity index is 242. The van der Waals surface area contributed by atoms with Gasteiger partial charge in [0.2, 0.25) is 0 Å². The number of aliphatic hydroxyl groups is 1. The summed E-state index contributed by atoms with van der Waals surface area (Å²) in [6.07, 6.45) is 14.8. The molecule has 112 valence electrons. The molecule has 0 aromatic carbocycles. The van der Waals surface area contributed by atoms with Gasteiger partial charge >= 0.3 is 29.6 Å². The number of carboxylic acid groups (broad SMARTS) is 1. The standard InChI is InChI=1S/C16H30O3.Na/c1-2-3-4-5-6-7-8-9-10-11-12-15(17)13-14-16(18)19;/h13-15,17H,2-12H2,1H3,(H,18,19);/q;+1/p-1. The van der Waals surface area contributed by atoms with Gasteiger partial charge in [-0.05, 0) is 12.5 Å². The summed E-state index contributed by atoms with van der Waals surface area (Å²) in [7, 11) is 0. The van der Waals surface area contributed by atoms with Gasteiger partial charge in [-0.1, -0.05) is 77.2 Å². The van der Waals surface area contributed by atoms with Crippen molar-refractivity contribution in [1.29, 1.82) is 0 Å². The van der Waals surface area contributed by atoms with Crippen LogP contribution in [0.1, 0.15) is 77.6 Å². The van der Waals surface area contributed by atoms with Gasteiger partial charge in [-0.3, -0.25) is 0 Å². The molecule has 0 fully saturated rings. The first-order valence-electron chi connectivity index (χ1n) is 7.74. The molecule has 0 spiro atoms. The van der Waals surface area contributed by atoms with Crippen LogP contribution < -0.4 is 34.7 Å². The maximum absolute atomic E-state index is 10.1. The molecule has 0 aromatic rings. The van der Waals surface area contributed by atoms with Gasteiger partial charge in [0.1, 0.15) is 0 Å². The fourth-order valence-corrected chi connectivity index (χ4v) is 2.13. The van der Waals surface area contributed by atoms with E-state index in [0.717, 1.165) is 18.9 Å². The molecule has 0 bridgehead atoms. The van der Waals surface area contributed by atoms with Crippen LogP contribution in [-0.2, 0) is 4.79 Å². The van der Waals surface area contributed by atoms with Crippen molar-refractivity contribution in [3.05, 3.63) is 12.2 Å². The molecule has 3 nitrogen and oxygen atoms in total. The smallest absolute Gasteiger partial charge is 0.545 e. The summed E-state index contributed by atoms with van der Waals surface area (Å²) in [4.78, 5) is 10.1. The molecule has 0 aliphatic rings. The number of carbonyl (C=O) groups excluding carboxylic acids is 1. The Morgan fingerprint density at radius 2 is 1.45 bits per heavy atom. The van der Waals surface area contributed by atoms with E-state index in [4.69, 9.17) is 0 Å². The van der Waals surface area contributed by atoms with E-state index >= 15 is 0 Å². The molecule has 1 unspecified atom stereocenters. The number of aliphatic hydroxyl groups excluding tert-OH is 1. The summed E-state index contributed by atoms with van der Waals surface area (Å²) in [5.74, 6) is -1.25. The monoisotopic (exact) mass is 292 g/mol. The maximum Gasteiger partial charge on any atom is 1.00 e. The van der Waals surface area contributed by atoms with E-state index in [0.29, 0.717) is 6.42 Å². The van der Waals surface area contributed by atoms with Crippen molar-refractivity contribution in [2.45, 2.75) is 83.7 Å². The fourth-order valence-electron chi connectivity index (χ4n) is 2.13. The fraction of sp³-hybridized carbons (Fsp3) is 0.812. The summed E-state index contributed by atoms with van der Waals surface area (Å²) in [6.45, 7) is 2.23. The van der Waals surface area contributed by atoms with Gasteiger partial charge in [-0.15, -0.1) is 0 Å². The Balaban J connectivity index is 0. The van der Waals surface area contributed by atoms with E-state index in [1.54, 1.807) is 0 Å². The Morgan fingerprint density at radius 1 is 1.00 bits per heavy atom. The maximum atomic E-state index is 10.1. The predicted molar refractivity (Wildman–Crippen MR) is 76.6 cm³/mol. The Kier molecular flexibility index (Phi) is 19.3. The van der Waals surface area contributed by atoms with Crippen LogP contribution in [0.3, 0.4) is 0 Å². The molecule has 0 radical (unpaired) electrons. The van der Waals surface area contributed by atoms with Crippen LogP contribution in [0.5, 0.6) is 0 Å². The van der Waals surface area contributed by atoms with Crippen LogP contribution >= 0.6 is 0 Å². The molecule has 0 saturated carbocycles. The third-order valence-corrected chi connectivity index (χ3v) is 3.31. The zero-order valence-electron chi connectivity index (χ0n) is 13.3. The van der Waals surface area contributed by atoms with Crippen LogP contribution in [0, 0.1) is 0 Å². The number of carbonyl (C=O) groups is 1. The van der Waals surface area contributed by atoms with Crippen molar-refractivity contribution >= 4 is 5.97 Å². The van der Waals surface area contributed by atoms with Crippen molar-refractivity contribution < 1.29 is 44.6 Å². The Hall–Kier alpha value is 0.170. The number of rotatable bonds is 13. The molecule has 0 heterocycles. The first-order chi connectivity index (χ1) is 9.16. The molecule has 0 aliphatic heterocycles. The Labute approximate surface area is 146 Å². The van der Waals surface area contributed by atoms with Crippen LogP contribution in [0.2, 0.25) is 0 Å². The first-order valence-corrected chi connectivity index (χ1v) is 7.74. The van der Waals surface area contributed by atoms with E-state index < -0.39 is 12.1 Å². The van der Waals surface area contributed by atoms with Crippen molar-refractivity contribution in [3.8, 4) is 0 Å². The topological polar surface area (TPSA) is 60.4 Å². The Morgan fingerprint density at radius 3 is 1.90 bits per heavy atom. The number of hydrogen-bond acceptors (Lipinski definition) is 3. The summed E-state index contributed by atoms with van der Waals surface area (Å²) < 4.78 is 0. The molecular weight excluding hydrogens is 263 g/mol. The number of aliphatic carboxylic acids is 1. The summed E-state index contributed by atoms with van der Waals surface area (Å²) in [5.41, 5.74) is 0. The van der Waals surface area contributed by atoms with Crippen LogP contribution in [0.4, 0.5) is 0 Å². The second kappa shape index (κ2) is 17.2. The van der Waals surface area contributed by atoms with Crippen molar-refractivity contribution in [2.75, 3.05) is 0 Å². The quantitative estimate of drug-likeness (QED) is 0.295. The molecule has 1 atom stereocenters. The zero-order valence-corrected chi connectivity index (χ0v) is 15.3. The molecule has 0 aliphatic carbocycles. The van der Waals surface area contributed by atoms with Gasteiger partial charge in [0.25, 0.3) is 0 Å². The van der Waals surface area contributed by atoms with Crippen LogP contribution in [0.15, 0.2) is 12.2 Å². The summed E-state index contributed by atoms with van der Waals surface area (Å²) in [6, 6.07) is 0. The molecule has 0 aromatic heterocycles. The number of unbranched alkanes of at least 4 members (excludes halogenated alkanes) is 9. The van der Waals surface area contributed by atoms with E-state index in [1.165, 1.54) is 57.4 Å². The SMILES string of the molecule is CCCCCCCCCCCCC(O)C=CC(=O)[O-].[Na+]. The van der Waals surface area contributed by atoms with E-state index in [1.807, 2.05) is 0 Å². The van der Waals surface area contributed by atoms with Crippen molar-refractivity contribution in [1.82, 2.24) is 0 Å². The van der Waals surface area contributed by atoms with Gasteiger partial charge < -0.3 is 15.0 Å². The van der Waals surface area contributed by atoms with Gasteiger partial charge in [-0.25, -0.2) is 0 Å². The summed E-state index contributed by atoms with van der Waals surface area (Å²) in [5, 5.41) is 19.6. The zero-order chi connectivity index (χ0) is 14.3. The van der Waals surface area contributed by atoms with Crippen LogP contribution in [-0.4, -0.2) is 17.2 Å². The van der Waals surface area contributed by atoms with Crippen LogP contribution in [0.25, 0.3) is 0 Å². The van der Waals surface area contributed by atoms with Gasteiger partial charge in [0.05, 0.1) is 12.1 Å². The second-order valence-corrected chi connectivity index (χ2v) is 5.22. The van der Waals surface area contributed by atoms with E-state index in [2.05, 4.69) is 6.92 Å². The minimum absolute atomic E-state index is 0. The van der Waals surface area contributed by atoms with Gasteiger partial charge in [-0.2, -0.15) is 0 Å². The third-order valence-electron chi connectivity index (χ3n) is 3.31. The molecule has 0 rings (SSSR count). The van der Waals surface area contributed by atoms with Gasteiger partial charge in [0.15, 0.2) is 0 Å². The first kappa shape index (κ1) is 22.5. The van der Waals surface area contributed by atoms with Crippen molar-refractivity contribution in [2.24, 2.45) is 0 Å². The number of hydrogen-bond donors (Lipinski definition) is 1. The molecule has 0 saturated heterocycles. The normalized spacial score (nSPS) is 12.3. The average Bonchev–Trinajstić information content (AvgIpc) is 2.38. The largest absolute Gasteiger partial charge is 1.00 e. The minimum Gasteiger partial charge on any atom is -0.545 e. The number of carboxylic acids is 1. The second-order valence-electron chi connectivity index (χ2n) is 5.22. The molecule has 0 amide bonds. The minimum atomic E-state index is -1.25. The average molecular weight is 292 g/mol. The molecule has 20 heavy (non-hydrogen) atoms. The van der Waals surface area contributed by atoms with Gasteiger partial charge in [0, 0.05) is 0 Å². The molecule has 4 heteroatoms. The third kappa shape index (κ3) is 18.2. The van der Waals surface area contributed by atoms with E-state index in [-0.39, 0.29) is 29.6 Å². The summed E-state index contributed by atoms with van der Waals surface area (Å²) >= 11 is 0. The predicted octanol–water partition coefficient (Wildman–Crippen LogP) is -0.0316. The molecule has 1 N–H and O–H groups in total.